The lowest BCUT2D eigenvalue weighted by atomic mass is 10.2. The summed E-state index contributed by atoms with van der Waals surface area (Å²) in [6, 6.07) is 11.4. The second-order valence-electron chi connectivity index (χ2n) is 3.72. The molecule has 1 heterocycles. The zero-order valence-electron chi connectivity index (χ0n) is 9.87. The number of halogens is 1. The minimum atomic E-state index is -0.0587. The summed E-state index contributed by atoms with van der Waals surface area (Å²) in [6.07, 6.45) is 0. The van der Waals surface area contributed by atoms with Gasteiger partial charge in [-0.05, 0) is 46.3 Å². The highest BCUT2D eigenvalue weighted by Crippen LogP contribution is 2.21. The number of hydrogen-bond acceptors (Lipinski definition) is 3. The highest BCUT2D eigenvalue weighted by atomic mass is 79.9. The number of carbonyl (C=O) groups is 1. The molecule has 0 aliphatic rings. The van der Waals surface area contributed by atoms with Crippen LogP contribution in [0.1, 0.15) is 15.2 Å². The highest BCUT2D eigenvalue weighted by molar-refractivity contribution is 9.11. The van der Waals surface area contributed by atoms with E-state index in [0.717, 1.165) is 14.4 Å². The van der Waals surface area contributed by atoms with E-state index < -0.39 is 0 Å². The van der Waals surface area contributed by atoms with Crippen molar-refractivity contribution in [2.45, 2.75) is 6.54 Å². The van der Waals surface area contributed by atoms with Gasteiger partial charge in [0.2, 0.25) is 0 Å². The molecule has 0 atom stereocenters. The standard InChI is InChI=1S/C13H13BrN2OS/c1-15-10-4-2-3-9(7-10)13(17)16-8-11-5-6-12(14)18-11/h2-7,15H,8H2,1H3,(H,16,17). The fourth-order valence-corrected chi connectivity index (χ4v) is 2.96. The van der Waals surface area contributed by atoms with Crippen LogP contribution in [0, 0.1) is 0 Å². The SMILES string of the molecule is CNc1cccc(C(=O)NCc2ccc(Br)s2)c1. The molecule has 1 aromatic heterocycles. The molecule has 0 saturated heterocycles. The number of anilines is 1. The molecule has 18 heavy (non-hydrogen) atoms. The molecule has 94 valence electrons. The molecular weight excluding hydrogens is 312 g/mol. The third kappa shape index (κ3) is 3.34. The van der Waals surface area contributed by atoms with Crippen molar-refractivity contribution in [3.8, 4) is 0 Å². The van der Waals surface area contributed by atoms with Crippen LogP contribution in [0.4, 0.5) is 5.69 Å². The van der Waals surface area contributed by atoms with Crippen molar-refractivity contribution in [3.05, 3.63) is 50.6 Å². The third-order valence-electron chi connectivity index (χ3n) is 2.47. The Bertz CT molecular complexity index is 553. The van der Waals surface area contributed by atoms with Gasteiger partial charge in [-0.2, -0.15) is 0 Å². The Labute approximate surface area is 118 Å². The zero-order chi connectivity index (χ0) is 13.0. The molecule has 0 aliphatic heterocycles. The van der Waals surface area contributed by atoms with Gasteiger partial charge in [-0.3, -0.25) is 4.79 Å². The minimum absolute atomic E-state index is 0.0587. The Morgan fingerprint density at radius 2 is 2.17 bits per heavy atom. The quantitative estimate of drug-likeness (QED) is 0.904. The average molecular weight is 325 g/mol. The summed E-state index contributed by atoms with van der Waals surface area (Å²) < 4.78 is 1.07. The molecule has 0 fully saturated rings. The fourth-order valence-electron chi connectivity index (χ4n) is 1.53. The summed E-state index contributed by atoms with van der Waals surface area (Å²) >= 11 is 5.02. The highest BCUT2D eigenvalue weighted by Gasteiger charge is 2.06. The normalized spacial score (nSPS) is 10.1. The van der Waals surface area contributed by atoms with Crippen molar-refractivity contribution in [2.75, 3.05) is 12.4 Å². The summed E-state index contributed by atoms with van der Waals surface area (Å²) in [5.74, 6) is -0.0587. The molecule has 1 amide bonds. The molecule has 0 spiro atoms. The third-order valence-corrected chi connectivity index (χ3v) is 4.09. The van der Waals surface area contributed by atoms with Gasteiger partial charge in [0, 0.05) is 23.2 Å². The van der Waals surface area contributed by atoms with Crippen LogP contribution in [0.25, 0.3) is 0 Å². The van der Waals surface area contributed by atoms with Crippen LogP contribution in [0.2, 0.25) is 0 Å². The van der Waals surface area contributed by atoms with Crippen molar-refractivity contribution in [3.63, 3.8) is 0 Å². The molecule has 1 aromatic carbocycles. The van der Waals surface area contributed by atoms with Gasteiger partial charge in [0.1, 0.15) is 0 Å². The monoisotopic (exact) mass is 324 g/mol. The Morgan fingerprint density at radius 1 is 1.33 bits per heavy atom. The van der Waals surface area contributed by atoms with Crippen molar-refractivity contribution < 1.29 is 4.79 Å². The first-order valence-electron chi connectivity index (χ1n) is 5.49. The minimum Gasteiger partial charge on any atom is -0.388 e. The number of nitrogens with one attached hydrogen (secondary N) is 2. The molecule has 3 nitrogen and oxygen atoms in total. The van der Waals surface area contributed by atoms with Gasteiger partial charge in [0.05, 0.1) is 10.3 Å². The van der Waals surface area contributed by atoms with Gasteiger partial charge in [0.25, 0.3) is 5.91 Å². The fraction of sp³-hybridized carbons (Fsp3) is 0.154. The van der Waals surface area contributed by atoms with Crippen LogP contribution >= 0.6 is 27.3 Å². The van der Waals surface area contributed by atoms with Gasteiger partial charge in [-0.15, -0.1) is 11.3 Å². The average Bonchev–Trinajstić information content (AvgIpc) is 2.82. The predicted octanol–water partition coefficient (Wildman–Crippen LogP) is 3.48. The van der Waals surface area contributed by atoms with Crippen molar-refractivity contribution >= 4 is 38.9 Å². The second-order valence-corrected chi connectivity index (χ2v) is 6.27. The van der Waals surface area contributed by atoms with E-state index in [1.807, 2.05) is 37.4 Å². The van der Waals surface area contributed by atoms with Crippen LogP contribution < -0.4 is 10.6 Å². The molecule has 0 unspecified atom stereocenters. The number of carbonyl (C=O) groups excluding carboxylic acids is 1. The van der Waals surface area contributed by atoms with Gasteiger partial charge < -0.3 is 10.6 Å². The first-order valence-corrected chi connectivity index (χ1v) is 7.10. The Morgan fingerprint density at radius 3 is 2.83 bits per heavy atom. The Hall–Kier alpha value is -1.33. The van der Waals surface area contributed by atoms with Crippen molar-refractivity contribution in [1.82, 2.24) is 5.32 Å². The van der Waals surface area contributed by atoms with E-state index in [0.29, 0.717) is 12.1 Å². The first-order chi connectivity index (χ1) is 8.69. The Balaban J connectivity index is 1.99. The van der Waals surface area contributed by atoms with Gasteiger partial charge >= 0.3 is 0 Å². The van der Waals surface area contributed by atoms with E-state index in [2.05, 4.69) is 26.6 Å². The molecule has 2 N–H and O–H groups in total. The lowest BCUT2D eigenvalue weighted by molar-refractivity contribution is 0.0951. The van der Waals surface area contributed by atoms with Crippen LogP contribution in [0.15, 0.2) is 40.2 Å². The van der Waals surface area contributed by atoms with Crippen LogP contribution in [0.3, 0.4) is 0 Å². The number of benzene rings is 1. The lowest BCUT2D eigenvalue weighted by Gasteiger charge is -2.05. The summed E-state index contributed by atoms with van der Waals surface area (Å²) in [7, 11) is 1.83. The number of rotatable bonds is 4. The van der Waals surface area contributed by atoms with Crippen LogP contribution in [0.5, 0.6) is 0 Å². The predicted molar refractivity (Wildman–Crippen MR) is 79.2 cm³/mol. The largest absolute Gasteiger partial charge is 0.388 e. The summed E-state index contributed by atoms with van der Waals surface area (Å²) in [4.78, 5) is 13.1. The summed E-state index contributed by atoms with van der Waals surface area (Å²) in [5, 5.41) is 5.92. The maximum atomic E-state index is 11.9. The molecule has 0 bridgehead atoms. The van der Waals surface area contributed by atoms with Gasteiger partial charge in [-0.1, -0.05) is 6.07 Å². The van der Waals surface area contributed by atoms with E-state index in [4.69, 9.17) is 0 Å². The molecule has 2 rings (SSSR count). The van der Waals surface area contributed by atoms with Crippen LogP contribution in [-0.2, 0) is 6.54 Å². The zero-order valence-corrected chi connectivity index (χ0v) is 12.3. The molecule has 0 aliphatic carbocycles. The molecular formula is C13H13BrN2OS. The molecule has 0 radical (unpaired) electrons. The maximum absolute atomic E-state index is 11.9. The number of thiophene rings is 1. The smallest absolute Gasteiger partial charge is 0.251 e. The summed E-state index contributed by atoms with van der Waals surface area (Å²) in [5.41, 5.74) is 1.60. The maximum Gasteiger partial charge on any atom is 0.251 e. The lowest BCUT2D eigenvalue weighted by Crippen LogP contribution is -2.22. The number of amides is 1. The van der Waals surface area contributed by atoms with E-state index in [-0.39, 0.29) is 5.91 Å². The van der Waals surface area contributed by atoms with Crippen molar-refractivity contribution in [1.29, 1.82) is 0 Å². The van der Waals surface area contributed by atoms with Gasteiger partial charge in [0.15, 0.2) is 0 Å². The topological polar surface area (TPSA) is 41.1 Å². The van der Waals surface area contributed by atoms with Crippen LogP contribution in [-0.4, -0.2) is 13.0 Å². The molecule has 0 saturated carbocycles. The summed E-state index contributed by atoms with van der Waals surface area (Å²) in [6.45, 7) is 0.554. The number of hydrogen-bond donors (Lipinski definition) is 2. The second kappa shape index (κ2) is 6.02. The van der Waals surface area contributed by atoms with Gasteiger partial charge in [-0.25, -0.2) is 0 Å². The van der Waals surface area contributed by atoms with Crippen molar-refractivity contribution in [2.24, 2.45) is 0 Å². The first kappa shape index (κ1) is 13.1. The van der Waals surface area contributed by atoms with E-state index >= 15 is 0 Å². The molecule has 5 heteroatoms. The van der Waals surface area contributed by atoms with E-state index in [9.17, 15) is 4.79 Å². The van der Waals surface area contributed by atoms with E-state index in [1.165, 1.54) is 0 Å². The van der Waals surface area contributed by atoms with E-state index in [1.54, 1.807) is 17.4 Å². The molecule has 2 aromatic rings. The Kier molecular flexibility index (Phi) is 4.38.